The molecule has 4 aromatic rings. The molecule has 1 fully saturated rings. The van der Waals surface area contributed by atoms with Crippen LogP contribution in [0, 0.1) is 11.7 Å². The molecule has 0 saturated carbocycles. The lowest BCUT2D eigenvalue weighted by atomic mass is 9.91. The molecule has 0 bridgehead atoms. The highest BCUT2D eigenvalue weighted by Crippen LogP contribution is 2.30. The Bertz CT molecular complexity index is 1430. The number of likely N-dealkylation sites (tertiary alicyclic amines) is 1. The molecule has 2 aromatic carbocycles. The highest BCUT2D eigenvalue weighted by molar-refractivity contribution is 5.91. The predicted octanol–water partition coefficient (Wildman–Crippen LogP) is 4.76. The molecular formula is C30H40FN11O. The van der Waals surface area contributed by atoms with E-state index in [0.29, 0.717) is 29.8 Å². The molecule has 1 aliphatic heterocycles. The number of amides is 2. The van der Waals surface area contributed by atoms with E-state index in [1.165, 1.54) is 24.1 Å². The molecule has 2 amide bonds. The van der Waals surface area contributed by atoms with Gasteiger partial charge in [0.2, 0.25) is 0 Å². The molecule has 1 unspecified atom stereocenters. The summed E-state index contributed by atoms with van der Waals surface area (Å²) in [6, 6.07) is 12.3. The number of urea groups is 1. The van der Waals surface area contributed by atoms with Crippen molar-refractivity contribution in [1.82, 2.24) is 50.6 Å². The Morgan fingerprint density at radius 2 is 1.58 bits per heavy atom. The monoisotopic (exact) mass is 589 g/mol. The maximum atomic E-state index is 13.3. The van der Waals surface area contributed by atoms with Gasteiger partial charge in [0.25, 0.3) is 0 Å². The van der Waals surface area contributed by atoms with Crippen LogP contribution in [0.25, 0.3) is 22.8 Å². The van der Waals surface area contributed by atoms with Crippen LogP contribution in [0.3, 0.4) is 0 Å². The number of nitrogens with one attached hydrogen (secondary N) is 2. The Hall–Kier alpha value is -4.26. The van der Waals surface area contributed by atoms with Crippen LogP contribution in [0.2, 0.25) is 0 Å². The second kappa shape index (κ2) is 13.8. The zero-order valence-electron chi connectivity index (χ0n) is 25.2. The quantitative estimate of drug-likeness (QED) is 0.240. The van der Waals surface area contributed by atoms with Crippen molar-refractivity contribution < 1.29 is 9.18 Å². The molecule has 13 heteroatoms. The number of nitrogens with zero attached hydrogens (tertiary/aromatic N) is 9. The lowest BCUT2D eigenvalue weighted by Gasteiger charge is -2.32. The Labute approximate surface area is 251 Å². The summed E-state index contributed by atoms with van der Waals surface area (Å²) in [6.07, 6.45) is 4.14. The normalized spacial score (nSPS) is 15.7. The van der Waals surface area contributed by atoms with Crippen LogP contribution >= 0.6 is 0 Å². The van der Waals surface area contributed by atoms with Crippen LogP contribution in [0.15, 0.2) is 42.5 Å². The first-order valence-corrected chi connectivity index (χ1v) is 15.0. The van der Waals surface area contributed by atoms with E-state index >= 15 is 0 Å². The molecule has 2 N–H and O–H groups in total. The van der Waals surface area contributed by atoms with Crippen molar-refractivity contribution in [2.24, 2.45) is 5.92 Å². The third-order valence-electron chi connectivity index (χ3n) is 7.65. The molecule has 5 rings (SSSR count). The number of rotatable bonds is 11. The molecule has 1 saturated heterocycles. The summed E-state index contributed by atoms with van der Waals surface area (Å²) in [7, 11) is 0. The van der Waals surface area contributed by atoms with Gasteiger partial charge in [-0.2, -0.15) is 0 Å². The lowest BCUT2D eigenvalue weighted by Crippen LogP contribution is -2.38. The maximum Gasteiger partial charge on any atom is 0.319 e. The second-order valence-electron chi connectivity index (χ2n) is 11.8. The summed E-state index contributed by atoms with van der Waals surface area (Å²) < 4.78 is 16.7. The average molecular weight is 590 g/mol. The van der Waals surface area contributed by atoms with Crippen LogP contribution in [-0.2, 0) is 6.42 Å². The number of piperidine rings is 1. The fourth-order valence-corrected chi connectivity index (χ4v) is 5.58. The first kappa shape index (κ1) is 30.2. The molecule has 43 heavy (non-hydrogen) atoms. The molecule has 0 spiro atoms. The molecule has 0 radical (unpaired) electrons. The third-order valence-corrected chi connectivity index (χ3v) is 7.65. The van der Waals surface area contributed by atoms with E-state index in [-0.39, 0.29) is 23.9 Å². The van der Waals surface area contributed by atoms with E-state index in [1.807, 2.05) is 58.0 Å². The Balaban J connectivity index is 1.19. The number of anilines is 1. The van der Waals surface area contributed by atoms with Gasteiger partial charge in [0.1, 0.15) is 5.82 Å². The summed E-state index contributed by atoms with van der Waals surface area (Å²) in [5.41, 5.74) is 3.25. The minimum absolute atomic E-state index is 0.0486. The summed E-state index contributed by atoms with van der Waals surface area (Å²) in [5.74, 6) is 1.54. The fraction of sp³-hybridized carbons (Fsp3) is 0.500. The van der Waals surface area contributed by atoms with E-state index in [0.717, 1.165) is 50.0 Å². The standard InChI is InChI=1S/C30H40FN11O/c1-20(2)41-28(34-36-38-41)24-16-25(29-35-37-39-42(29)21(3)4)18-27(17-24)33-30(43)32-12-6-14-40-13-5-7-23(19-40)15-22-8-10-26(31)11-9-22/h8-11,16-18,20-21,23H,5-7,12-15,19H2,1-4H3,(H2,32,33,43). The average Bonchev–Trinajstić information content (AvgIpc) is 3.68. The summed E-state index contributed by atoms with van der Waals surface area (Å²) >= 11 is 0. The van der Waals surface area contributed by atoms with E-state index in [1.54, 1.807) is 9.36 Å². The van der Waals surface area contributed by atoms with Crippen LogP contribution in [0.1, 0.15) is 64.6 Å². The minimum Gasteiger partial charge on any atom is -0.338 e. The summed E-state index contributed by atoms with van der Waals surface area (Å²) in [4.78, 5) is 15.4. The zero-order chi connectivity index (χ0) is 30.3. The van der Waals surface area contributed by atoms with Gasteiger partial charge in [0, 0.05) is 29.9 Å². The van der Waals surface area contributed by atoms with Crippen molar-refractivity contribution in [1.29, 1.82) is 0 Å². The zero-order valence-corrected chi connectivity index (χ0v) is 25.2. The van der Waals surface area contributed by atoms with Crippen molar-refractivity contribution >= 4 is 11.7 Å². The number of benzene rings is 2. The number of halogens is 1. The largest absolute Gasteiger partial charge is 0.338 e. The van der Waals surface area contributed by atoms with Crippen LogP contribution in [0.4, 0.5) is 14.9 Å². The van der Waals surface area contributed by atoms with E-state index < -0.39 is 0 Å². The minimum atomic E-state index is -0.289. The molecule has 1 atom stereocenters. The first-order chi connectivity index (χ1) is 20.8. The molecule has 3 heterocycles. The second-order valence-corrected chi connectivity index (χ2v) is 11.8. The topological polar surface area (TPSA) is 132 Å². The van der Waals surface area contributed by atoms with Gasteiger partial charge in [-0.3, -0.25) is 0 Å². The smallest absolute Gasteiger partial charge is 0.319 e. The maximum absolute atomic E-state index is 13.3. The van der Waals surface area contributed by atoms with Gasteiger partial charge in [-0.25, -0.2) is 18.5 Å². The molecule has 1 aliphatic rings. The lowest BCUT2D eigenvalue weighted by molar-refractivity contribution is 0.172. The van der Waals surface area contributed by atoms with Crippen molar-refractivity contribution in [2.45, 2.75) is 65.5 Å². The number of tetrazole rings is 2. The summed E-state index contributed by atoms with van der Waals surface area (Å²) in [6.45, 7) is 11.6. The molecule has 2 aromatic heterocycles. The van der Waals surface area contributed by atoms with Gasteiger partial charge in [-0.1, -0.05) is 12.1 Å². The summed E-state index contributed by atoms with van der Waals surface area (Å²) in [5, 5.41) is 30.4. The number of hydrogen-bond acceptors (Lipinski definition) is 8. The Kier molecular flexibility index (Phi) is 9.70. The Morgan fingerprint density at radius 3 is 2.19 bits per heavy atom. The van der Waals surface area contributed by atoms with Gasteiger partial charge in [0.05, 0.1) is 12.1 Å². The van der Waals surface area contributed by atoms with Crippen LogP contribution in [-0.4, -0.2) is 77.5 Å². The molecular weight excluding hydrogens is 549 g/mol. The van der Waals surface area contributed by atoms with Crippen LogP contribution in [0.5, 0.6) is 0 Å². The number of hydrogen-bond donors (Lipinski definition) is 2. The van der Waals surface area contributed by atoms with Gasteiger partial charge in [0.15, 0.2) is 11.6 Å². The molecule has 228 valence electrons. The van der Waals surface area contributed by atoms with E-state index in [4.69, 9.17) is 0 Å². The van der Waals surface area contributed by atoms with E-state index in [9.17, 15) is 9.18 Å². The van der Waals surface area contributed by atoms with Crippen molar-refractivity contribution in [2.75, 3.05) is 31.5 Å². The number of carbonyl (C=O) groups is 1. The van der Waals surface area contributed by atoms with Gasteiger partial charge in [-0.05, 0) is 129 Å². The highest BCUT2D eigenvalue weighted by Gasteiger charge is 2.21. The predicted molar refractivity (Wildman–Crippen MR) is 162 cm³/mol. The van der Waals surface area contributed by atoms with Gasteiger partial charge >= 0.3 is 6.03 Å². The van der Waals surface area contributed by atoms with E-state index in [2.05, 4.69) is 46.6 Å². The van der Waals surface area contributed by atoms with Crippen molar-refractivity contribution in [3.63, 3.8) is 0 Å². The van der Waals surface area contributed by atoms with Crippen molar-refractivity contribution in [3.05, 3.63) is 53.8 Å². The number of aromatic nitrogens is 8. The van der Waals surface area contributed by atoms with Crippen LogP contribution < -0.4 is 10.6 Å². The van der Waals surface area contributed by atoms with Crippen molar-refractivity contribution in [3.8, 4) is 22.8 Å². The molecule has 0 aliphatic carbocycles. The SMILES string of the molecule is CC(C)n1nnnc1-c1cc(NC(=O)NCCCN2CCCC(Cc3ccc(F)cc3)C2)cc(-c2nnnn2C(C)C)c1. The Morgan fingerprint density at radius 1 is 0.953 bits per heavy atom. The number of carbonyl (C=O) groups excluding carboxylic acids is 1. The van der Waals surface area contributed by atoms with Gasteiger partial charge in [-0.15, -0.1) is 10.2 Å². The molecule has 12 nitrogen and oxygen atoms in total. The highest BCUT2D eigenvalue weighted by atomic mass is 19.1. The first-order valence-electron chi connectivity index (χ1n) is 15.0. The third kappa shape index (κ3) is 7.78. The fourth-order valence-electron chi connectivity index (χ4n) is 5.58. The van der Waals surface area contributed by atoms with Gasteiger partial charge < -0.3 is 15.5 Å².